The van der Waals surface area contributed by atoms with Gasteiger partial charge in [0, 0.05) is 31.6 Å². The van der Waals surface area contributed by atoms with Crippen LogP contribution in [0.4, 0.5) is 4.39 Å². The van der Waals surface area contributed by atoms with E-state index in [2.05, 4.69) is 4.98 Å². The van der Waals surface area contributed by atoms with E-state index < -0.39 is 0 Å². The molecular formula is C16H18ClFN4O2S. The second-order valence-electron chi connectivity index (χ2n) is 5.50. The van der Waals surface area contributed by atoms with Crippen LogP contribution in [0.3, 0.4) is 0 Å². The highest BCUT2D eigenvalue weighted by molar-refractivity contribution is 7.09. The Bertz CT molecular complexity index is 770. The molecule has 0 spiro atoms. The number of nitrogens with zero attached hydrogens (tertiary/aromatic N) is 3. The Morgan fingerprint density at radius 1 is 1.36 bits per heavy atom. The highest BCUT2D eigenvalue weighted by atomic mass is 35.5. The Morgan fingerprint density at radius 2 is 2.16 bits per heavy atom. The van der Waals surface area contributed by atoms with Crippen LogP contribution in [-0.4, -0.2) is 46.2 Å². The van der Waals surface area contributed by atoms with Crippen LogP contribution in [0.25, 0.3) is 0 Å². The second kappa shape index (κ2) is 8.37. The fraction of sp³-hybridized carbons (Fsp3) is 0.312. The normalized spacial score (nSPS) is 14.4. The molecule has 2 aromatic rings. The average Bonchev–Trinajstić information content (AvgIpc) is 3.05. The van der Waals surface area contributed by atoms with E-state index in [1.54, 1.807) is 22.4 Å². The molecule has 134 valence electrons. The molecular weight excluding hydrogens is 367 g/mol. The lowest BCUT2D eigenvalue weighted by molar-refractivity contribution is -0.135. The van der Waals surface area contributed by atoms with Crippen LogP contribution < -0.4 is 5.73 Å². The molecule has 0 aliphatic carbocycles. The van der Waals surface area contributed by atoms with E-state index in [0.717, 1.165) is 5.56 Å². The van der Waals surface area contributed by atoms with Gasteiger partial charge in [-0.2, -0.15) is 0 Å². The minimum atomic E-state index is -0.326. The zero-order valence-corrected chi connectivity index (χ0v) is 15.0. The van der Waals surface area contributed by atoms with Crippen molar-refractivity contribution in [2.75, 3.05) is 19.6 Å². The molecule has 2 heterocycles. The summed E-state index contributed by atoms with van der Waals surface area (Å²) in [6.45, 7) is 1.47. The largest absolute Gasteiger partial charge is 0.335 e. The predicted octanol–water partition coefficient (Wildman–Crippen LogP) is 1.65. The molecule has 1 aliphatic heterocycles. The first-order valence-electron chi connectivity index (χ1n) is 7.53. The number of carbonyl (C=O) groups is 2. The standard InChI is InChI=1S/C16H17FN4O2S.ClH/c17-12-3-1-2-11(6-12)8-20-4-5-21(9-15(20)22)16(23)13-10-24-14(7-18)19-13;/h1-3,6,10H,4-5,7-9,18H2;1H. The fourth-order valence-corrected chi connectivity index (χ4v) is 3.22. The Morgan fingerprint density at radius 3 is 2.80 bits per heavy atom. The van der Waals surface area contributed by atoms with Crippen LogP contribution in [0.2, 0.25) is 0 Å². The molecule has 0 unspecified atom stereocenters. The van der Waals surface area contributed by atoms with Crippen molar-refractivity contribution in [1.29, 1.82) is 0 Å². The minimum Gasteiger partial charge on any atom is -0.335 e. The molecule has 1 saturated heterocycles. The van der Waals surface area contributed by atoms with Crippen molar-refractivity contribution < 1.29 is 14.0 Å². The third kappa shape index (κ3) is 4.53. The molecule has 6 nitrogen and oxygen atoms in total. The van der Waals surface area contributed by atoms with Crippen molar-refractivity contribution in [2.24, 2.45) is 5.73 Å². The van der Waals surface area contributed by atoms with Crippen LogP contribution in [0.5, 0.6) is 0 Å². The van der Waals surface area contributed by atoms with Gasteiger partial charge in [-0.15, -0.1) is 23.7 Å². The third-order valence-electron chi connectivity index (χ3n) is 3.81. The molecule has 0 atom stereocenters. The average molecular weight is 385 g/mol. The summed E-state index contributed by atoms with van der Waals surface area (Å²) in [5, 5.41) is 2.35. The monoisotopic (exact) mass is 384 g/mol. The first kappa shape index (κ1) is 19.3. The van der Waals surface area contributed by atoms with E-state index in [0.29, 0.717) is 30.3 Å². The Labute approximate surface area is 154 Å². The number of carbonyl (C=O) groups excluding carboxylic acids is 2. The van der Waals surface area contributed by atoms with Gasteiger partial charge in [0.2, 0.25) is 5.91 Å². The van der Waals surface area contributed by atoms with E-state index in [-0.39, 0.29) is 43.1 Å². The zero-order chi connectivity index (χ0) is 17.1. The van der Waals surface area contributed by atoms with Crippen LogP contribution in [0.1, 0.15) is 21.1 Å². The maximum Gasteiger partial charge on any atom is 0.273 e. The fourth-order valence-electron chi connectivity index (χ4n) is 2.57. The van der Waals surface area contributed by atoms with Gasteiger partial charge in [-0.05, 0) is 17.7 Å². The zero-order valence-electron chi connectivity index (χ0n) is 13.4. The van der Waals surface area contributed by atoms with Gasteiger partial charge in [-0.1, -0.05) is 12.1 Å². The molecule has 2 amide bonds. The van der Waals surface area contributed by atoms with Crippen LogP contribution in [0.15, 0.2) is 29.6 Å². The predicted molar refractivity (Wildman–Crippen MR) is 95.0 cm³/mol. The van der Waals surface area contributed by atoms with E-state index in [4.69, 9.17) is 5.73 Å². The molecule has 1 aromatic heterocycles. The first-order chi connectivity index (χ1) is 11.6. The summed E-state index contributed by atoms with van der Waals surface area (Å²) in [5.41, 5.74) is 6.56. The SMILES string of the molecule is Cl.NCc1nc(C(=O)N2CCN(Cc3cccc(F)c3)C(=O)C2)cs1. The maximum atomic E-state index is 13.2. The van der Waals surface area contributed by atoms with Gasteiger partial charge in [0.15, 0.2) is 0 Å². The molecule has 1 aromatic carbocycles. The van der Waals surface area contributed by atoms with E-state index in [1.165, 1.54) is 28.4 Å². The third-order valence-corrected chi connectivity index (χ3v) is 4.68. The molecule has 9 heteroatoms. The van der Waals surface area contributed by atoms with E-state index in [1.807, 2.05) is 0 Å². The Hall–Kier alpha value is -2.03. The topological polar surface area (TPSA) is 79.5 Å². The Balaban J connectivity index is 0.00000225. The lowest BCUT2D eigenvalue weighted by Crippen LogP contribution is -2.51. The number of piperazine rings is 1. The summed E-state index contributed by atoms with van der Waals surface area (Å²) in [6, 6.07) is 6.17. The highest BCUT2D eigenvalue weighted by Gasteiger charge is 2.28. The second-order valence-corrected chi connectivity index (χ2v) is 6.45. The van der Waals surface area contributed by atoms with Gasteiger partial charge in [0.05, 0.1) is 0 Å². The highest BCUT2D eigenvalue weighted by Crippen LogP contribution is 2.15. The molecule has 1 fully saturated rings. The van der Waals surface area contributed by atoms with Crippen molar-refractivity contribution in [1.82, 2.24) is 14.8 Å². The number of benzene rings is 1. The van der Waals surface area contributed by atoms with Gasteiger partial charge in [0.1, 0.15) is 23.1 Å². The molecule has 0 saturated carbocycles. The lowest BCUT2D eigenvalue weighted by atomic mass is 10.2. The summed E-state index contributed by atoms with van der Waals surface area (Å²) >= 11 is 1.33. The number of hydrogen-bond acceptors (Lipinski definition) is 5. The summed E-state index contributed by atoms with van der Waals surface area (Å²) in [5.74, 6) is -0.745. The molecule has 25 heavy (non-hydrogen) atoms. The number of rotatable bonds is 4. The molecule has 3 rings (SSSR count). The number of aromatic nitrogens is 1. The lowest BCUT2D eigenvalue weighted by Gasteiger charge is -2.34. The summed E-state index contributed by atoms with van der Waals surface area (Å²) in [4.78, 5) is 32.0. The maximum absolute atomic E-state index is 13.2. The van der Waals surface area contributed by atoms with Crippen molar-refractivity contribution >= 4 is 35.6 Å². The van der Waals surface area contributed by atoms with E-state index >= 15 is 0 Å². The number of nitrogens with two attached hydrogens (primary N) is 1. The van der Waals surface area contributed by atoms with Crippen LogP contribution in [0, 0.1) is 5.82 Å². The molecule has 0 bridgehead atoms. The number of amides is 2. The van der Waals surface area contributed by atoms with Crippen molar-refractivity contribution in [3.63, 3.8) is 0 Å². The first-order valence-corrected chi connectivity index (χ1v) is 8.40. The van der Waals surface area contributed by atoms with Gasteiger partial charge >= 0.3 is 0 Å². The minimum absolute atomic E-state index is 0. The number of halogens is 2. The van der Waals surface area contributed by atoms with Gasteiger partial charge in [-0.3, -0.25) is 9.59 Å². The Kier molecular flexibility index (Phi) is 6.46. The summed E-state index contributed by atoms with van der Waals surface area (Å²) < 4.78 is 13.2. The quantitative estimate of drug-likeness (QED) is 0.869. The van der Waals surface area contributed by atoms with Gasteiger partial charge in [0.25, 0.3) is 5.91 Å². The van der Waals surface area contributed by atoms with Gasteiger partial charge in [-0.25, -0.2) is 9.37 Å². The van der Waals surface area contributed by atoms with E-state index in [9.17, 15) is 14.0 Å². The molecule has 2 N–H and O–H groups in total. The molecule has 1 aliphatic rings. The van der Waals surface area contributed by atoms with Crippen molar-refractivity contribution in [3.8, 4) is 0 Å². The summed E-state index contributed by atoms with van der Waals surface area (Å²) in [6.07, 6.45) is 0. The molecule has 0 radical (unpaired) electrons. The smallest absolute Gasteiger partial charge is 0.273 e. The van der Waals surface area contributed by atoms with Crippen LogP contribution >= 0.6 is 23.7 Å². The number of hydrogen-bond donors (Lipinski definition) is 1. The summed E-state index contributed by atoms with van der Waals surface area (Å²) in [7, 11) is 0. The number of thiazole rings is 1. The van der Waals surface area contributed by atoms with Crippen molar-refractivity contribution in [3.05, 3.63) is 51.7 Å². The van der Waals surface area contributed by atoms with Gasteiger partial charge < -0.3 is 15.5 Å². The van der Waals surface area contributed by atoms with Crippen LogP contribution in [-0.2, 0) is 17.9 Å². The van der Waals surface area contributed by atoms with Crippen molar-refractivity contribution in [2.45, 2.75) is 13.1 Å².